The number of Topliss-reactive ketones (excluding diaryl/α,β-unsaturated/α-hetero) is 1. The van der Waals surface area contributed by atoms with Crippen LogP contribution in [-0.4, -0.2) is 5.78 Å². The van der Waals surface area contributed by atoms with Gasteiger partial charge in [0.1, 0.15) is 0 Å². The molecule has 0 unspecified atom stereocenters. The second kappa shape index (κ2) is 6.38. The SMILES string of the molecule is [N-]=[N+]=Nc1ccc(CCC(=O)c2ccccc2)cc1. The molecule has 94 valence electrons. The Morgan fingerprint density at radius 3 is 2.37 bits per heavy atom. The normalized spacial score (nSPS) is 9.68. The molecular weight excluding hydrogens is 238 g/mol. The predicted octanol–water partition coefficient (Wildman–Crippen LogP) is 4.44. The van der Waals surface area contributed by atoms with E-state index in [4.69, 9.17) is 5.53 Å². The fraction of sp³-hybridized carbons (Fsp3) is 0.133. The van der Waals surface area contributed by atoms with Crippen LogP contribution in [0.15, 0.2) is 59.7 Å². The van der Waals surface area contributed by atoms with E-state index in [0.29, 0.717) is 18.5 Å². The van der Waals surface area contributed by atoms with Crippen molar-refractivity contribution in [2.45, 2.75) is 12.8 Å². The van der Waals surface area contributed by atoms with Crippen molar-refractivity contribution in [2.75, 3.05) is 0 Å². The number of azide groups is 1. The zero-order valence-electron chi connectivity index (χ0n) is 10.4. The van der Waals surface area contributed by atoms with Crippen LogP contribution in [0.3, 0.4) is 0 Å². The number of hydrogen-bond donors (Lipinski definition) is 0. The lowest BCUT2D eigenvalue weighted by Gasteiger charge is -2.02. The fourth-order valence-electron chi connectivity index (χ4n) is 1.81. The van der Waals surface area contributed by atoms with Crippen molar-refractivity contribution >= 4 is 11.5 Å². The third-order valence-corrected chi connectivity index (χ3v) is 2.83. The highest BCUT2D eigenvalue weighted by molar-refractivity contribution is 5.96. The Balaban J connectivity index is 1.95. The van der Waals surface area contributed by atoms with Crippen LogP contribution in [0, 0.1) is 0 Å². The molecule has 0 saturated heterocycles. The summed E-state index contributed by atoms with van der Waals surface area (Å²) in [5.41, 5.74) is 10.7. The Morgan fingerprint density at radius 2 is 1.74 bits per heavy atom. The molecule has 0 atom stereocenters. The molecule has 0 bridgehead atoms. The van der Waals surface area contributed by atoms with Gasteiger partial charge in [0.25, 0.3) is 0 Å². The molecular formula is C15H13N3O. The van der Waals surface area contributed by atoms with E-state index in [2.05, 4.69) is 10.0 Å². The second-order valence-electron chi connectivity index (χ2n) is 4.15. The summed E-state index contributed by atoms with van der Waals surface area (Å²) in [4.78, 5) is 14.6. The molecule has 19 heavy (non-hydrogen) atoms. The van der Waals surface area contributed by atoms with Crippen LogP contribution in [-0.2, 0) is 6.42 Å². The quantitative estimate of drug-likeness (QED) is 0.335. The van der Waals surface area contributed by atoms with Gasteiger partial charge >= 0.3 is 0 Å². The van der Waals surface area contributed by atoms with E-state index >= 15 is 0 Å². The minimum Gasteiger partial charge on any atom is -0.294 e. The summed E-state index contributed by atoms with van der Waals surface area (Å²) in [5, 5.41) is 3.50. The van der Waals surface area contributed by atoms with E-state index in [1.807, 2.05) is 42.5 Å². The van der Waals surface area contributed by atoms with Crippen molar-refractivity contribution < 1.29 is 4.79 Å². The van der Waals surface area contributed by atoms with Gasteiger partial charge in [0.15, 0.2) is 5.78 Å². The molecule has 4 heteroatoms. The molecule has 0 heterocycles. The molecule has 0 aliphatic rings. The van der Waals surface area contributed by atoms with Gasteiger partial charge in [-0.2, -0.15) is 0 Å². The van der Waals surface area contributed by atoms with Crippen LogP contribution in [0.4, 0.5) is 5.69 Å². The van der Waals surface area contributed by atoms with Crippen LogP contribution in [0.1, 0.15) is 22.3 Å². The molecule has 0 aliphatic heterocycles. The van der Waals surface area contributed by atoms with Crippen LogP contribution in [0.5, 0.6) is 0 Å². The maximum atomic E-state index is 11.9. The molecule has 0 aromatic heterocycles. The van der Waals surface area contributed by atoms with Gasteiger partial charge in [-0.25, -0.2) is 0 Å². The Morgan fingerprint density at radius 1 is 1.05 bits per heavy atom. The Kier molecular flexibility index (Phi) is 4.32. The van der Waals surface area contributed by atoms with E-state index in [0.717, 1.165) is 11.1 Å². The molecule has 0 fully saturated rings. The van der Waals surface area contributed by atoms with E-state index in [1.165, 1.54) is 0 Å². The van der Waals surface area contributed by atoms with Crippen molar-refractivity contribution in [3.8, 4) is 0 Å². The summed E-state index contributed by atoms with van der Waals surface area (Å²) in [6, 6.07) is 16.5. The highest BCUT2D eigenvalue weighted by Gasteiger charge is 2.05. The largest absolute Gasteiger partial charge is 0.294 e. The number of rotatable bonds is 5. The summed E-state index contributed by atoms with van der Waals surface area (Å²) < 4.78 is 0. The van der Waals surface area contributed by atoms with Crippen LogP contribution in [0.25, 0.3) is 10.4 Å². The first-order chi connectivity index (χ1) is 9.29. The molecule has 0 radical (unpaired) electrons. The zero-order chi connectivity index (χ0) is 13.5. The summed E-state index contributed by atoms with van der Waals surface area (Å²) in [6.07, 6.45) is 1.16. The first-order valence-electron chi connectivity index (χ1n) is 6.02. The average molecular weight is 251 g/mol. The lowest BCUT2D eigenvalue weighted by molar-refractivity contribution is 0.0983. The van der Waals surface area contributed by atoms with Crippen molar-refractivity contribution in [1.82, 2.24) is 0 Å². The van der Waals surface area contributed by atoms with E-state index in [-0.39, 0.29) is 5.78 Å². The van der Waals surface area contributed by atoms with Gasteiger partial charge in [0.05, 0.1) is 0 Å². The minimum atomic E-state index is 0.139. The maximum Gasteiger partial charge on any atom is 0.163 e. The Hall–Kier alpha value is -2.58. The average Bonchev–Trinajstić information content (AvgIpc) is 2.47. The number of ketones is 1. The number of aryl methyl sites for hydroxylation is 1. The Labute approximate surface area is 111 Å². The third kappa shape index (κ3) is 3.69. The van der Waals surface area contributed by atoms with E-state index in [1.54, 1.807) is 12.1 Å². The summed E-state index contributed by atoms with van der Waals surface area (Å²) >= 11 is 0. The van der Waals surface area contributed by atoms with Crippen molar-refractivity contribution in [2.24, 2.45) is 5.11 Å². The molecule has 2 aromatic rings. The Bertz CT molecular complexity index is 599. The lowest BCUT2D eigenvalue weighted by Crippen LogP contribution is -2.00. The number of benzene rings is 2. The standard InChI is InChI=1S/C15H13N3O/c16-18-17-14-9-6-12(7-10-14)8-11-15(19)13-4-2-1-3-5-13/h1-7,9-10H,8,11H2. The number of nitrogens with zero attached hydrogens (tertiary/aromatic N) is 3. The van der Waals surface area contributed by atoms with Gasteiger partial charge in [-0.1, -0.05) is 59.7 Å². The maximum absolute atomic E-state index is 11.9. The van der Waals surface area contributed by atoms with Crippen molar-refractivity contribution in [1.29, 1.82) is 0 Å². The molecule has 2 rings (SSSR count). The van der Waals surface area contributed by atoms with Gasteiger partial charge in [-0.05, 0) is 17.5 Å². The van der Waals surface area contributed by atoms with Gasteiger partial charge in [-0.3, -0.25) is 4.79 Å². The van der Waals surface area contributed by atoms with E-state index in [9.17, 15) is 4.79 Å². The zero-order valence-corrected chi connectivity index (χ0v) is 10.4. The van der Waals surface area contributed by atoms with Gasteiger partial charge in [-0.15, -0.1) is 0 Å². The van der Waals surface area contributed by atoms with Gasteiger partial charge in [0.2, 0.25) is 0 Å². The van der Waals surface area contributed by atoms with Crippen LogP contribution < -0.4 is 0 Å². The molecule has 0 N–H and O–H groups in total. The molecule has 0 spiro atoms. The smallest absolute Gasteiger partial charge is 0.163 e. The molecule has 4 nitrogen and oxygen atoms in total. The highest BCUT2D eigenvalue weighted by Crippen LogP contribution is 2.15. The minimum absolute atomic E-state index is 0.139. The summed E-state index contributed by atoms with van der Waals surface area (Å²) in [6.45, 7) is 0. The first kappa shape index (κ1) is 12.9. The first-order valence-corrected chi connectivity index (χ1v) is 6.02. The highest BCUT2D eigenvalue weighted by atomic mass is 16.1. The van der Waals surface area contributed by atoms with Gasteiger partial charge < -0.3 is 0 Å². The van der Waals surface area contributed by atoms with E-state index < -0.39 is 0 Å². The van der Waals surface area contributed by atoms with Gasteiger partial charge in [0, 0.05) is 22.6 Å². The third-order valence-electron chi connectivity index (χ3n) is 2.83. The molecule has 0 saturated carbocycles. The fourth-order valence-corrected chi connectivity index (χ4v) is 1.81. The second-order valence-corrected chi connectivity index (χ2v) is 4.15. The molecule has 0 amide bonds. The van der Waals surface area contributed by atoms with Crippen molar-refractivity contribution in [3.05, 3.63) is 76.2 Å². The topological polar surface area (TPSA) is 65.8 Å². The number of hydrogen-bond acceptors (Lipinski definition) is 2. The van der Waals surface area contributed by atoms with Crippen molar-refractivity contribution in [3.63, 3.8) is 0 Å². The number of carbonyl (C=O) groups excluding carboxylic acids is 1. The number of carbonyl (C=O) groups is 1. The molecule has 0 aliphatic carbocycles. The summed E-state index contributed by atoms with van der Waals surface area (Å²) in [5.74, 6) is 0.139. The van der Waals surface area contributed by atoms with Crippen LogP contribution in [0.2, 0.25) is 0 Å². The monoisotopic (exact) mass is 251 g/mol. The van der Waals surface area contributed by atoms with Crippen LogP contribution >= 0.6 is 0 Å². The lowest BCUT2D eigenvalue weighted by atomic mass is 10.0. The predicted molar refractivity (Wildman–Crippen MR) is 74.3 cm³/mol. The summed E-state index contributed by atoms with van der Waals surface area (Å²) in [7, 11) is 0. The molecule has 2 aromatic carbocycles.